The zero-order chi connectivity index (χ0) is 15.2. The van der Waals surface area contributed by atoms with E-state index < -0.39 is 0 Å². The summed E-state index contributed by atoms with van der Waals surface area (Å²) in [4.78, 5) is 4.40. The molecule has 2 aromatic rings. The number of likely N-dealkylation sites (N-methyl/N-ethyl adjacent to an activating group) is 1. The molecule has 1 heterocycles. The highest BCUT2D eigenvalue weighted by atomic mass is 79.9. The molecule has 0 radical (unpaired) electrons. The van der Waals surface area contributed by atoms with Gasteiger partial charge in [0, 0.05) is 10.7 Å². The molecule has 0 aliphatic heterocycles. The quantitative estimate of drug-likeness (QED) is 0.856. The smallest absolute Gasteiger partial charge is 0.168 e. The highest BCUT2D eigenvalue weighted by molar-refractivity contribution is 9.10. The molecule has 112 valence electrons. The molecule has 0 spiro atoms. The second-order valence-corrected chi connectivity index (χ2v) is 5.56. The van der Waals surface area contributed by atoms with Crippen LogP contribution in [-0.4, -0.2) is 18.6 Å². The summed E-state index contributed by atoms with van der Waals surface area (Å²) in [7, 11) is 1.47. The van der Waals surface area contributed by atoms with Crippen LogP contribution in [0.3, 0.4) is 0 Å². The Kier molecular flexibility index (Phi) is 5.70. The van der Waals surface area contributed by atoms with Gasteiger partial charge in [0.2, 0.25) is 0 Å². The van der Waals surface area contributed by atoms with E-state index in [-0.39, 0.29) is 17.6 Å². The number of methoxy groups -OCH3 is 1. The topological polar surface area (TPSA) is 34.1 Å². The summed E-state index contributed by atoms with van der Waals surface area (Å²) in [6, 6.07) is 9.05. The van der Waals surface area contributed by atoms with Crippen molar-refractivity contribution in [3.8, 4) is 5.75 Å². The molecule has 5 heteroatoms. The number of benzene rings is 1. The molecular weight excluding hydrogens is 335 g/mol. The molecule has 2 rings (SSSR count). The molecule has 1 aromatic heterocycles. The lowest BCUT2D eigenvalue weighted by Gasteiger charge is -2.18. The molecule has 0 aliphatic rings. The third-order valence-electron chi connectivity index (χ3n) is 3.25. The van der Waals surface area contributed by atoms with Crippen molar-refractivity contribution in [1.29, 1.82) is 0 Å². The number of ether oxygens (including phenoxy) is 1. The van der Waals surface area contributed by atoms with E-state index in [1.807, 2.05) is 19.1 Å². The lowest BCUT2D eigenvalue weighted by molar-refractivity contribution is 0.382. The van der Waals surface area contributed by atoms with Gasteiger partial charge in [-0.05, 0) is 52.7 Å². The second kappa shape index (κ2) is 7.52. The summed E-state index contributed by atoms with van der Waals surface area (Å²) < 4.78 is 20.2. The first kappa shape index (κ1) is 15.9. The van der Waals surface area contributed by atoms with Crippen LogP contribution in [0.1, 0.15) is 24.2 Å². The van der Waals surface area contributed by atoms with Crippen molar-refractivity contribution in [1.82, 2.24) is 10.3 Å². The minimum atomic E-state index is -0.306. The summed E-state index contributed by atoms with van der Waals surface area (Å²) in [5.74, 6) is -0.0356. The minimum Gasteiger partial charge on any atom is -0.494 e. The van der Waals surface area contributed by atoms with Crippen LogP contribution in [-0.2, 0) is 6.42 Å². The molecular formula is C16H18BrFN2O. The summed E-state index contributed by atoms with van der Waals surface area (Å²) in [5.41, 5.74) is 1.51. The van der Waals surface area contributed by atoms with Gasteiger partial charge >= 0.3 is 0 Å². The number of rotatable bonds is 6. The number of pyridine rings is 1. The normalized spacial score (nSPS) is 12.2. The van der Waals surface area contributed by atoms with E-state index in [0.29, 0.717) is 12.0 Å². The molecule has 21 heavy (non-hydrogen) atoms. The van der Waals surface area contributed by atoms with E-state index >= 15 is 0 Å². The number of aromatic nitrogens is 1. The van der Waals surface area contributed by atoms with Gasteiger partial charge in [-0.1, -0.05) is 19.1 Å². The lowest BCUT2D eigenvalue weighted by atomic mass is 10.0. The van der Waals surface area contributed by atoms with Crippen LogP contribution in [0.4, 0.5) is 4.39 Å². The predicted octanol–water partition coefficient (Wildman–Crippen LogP) is 3.89. The zero-order valence-corrected chi connectivity index (χ0v) is 13.7. The number of nitrogens with zero attached hydrogens (tertiary/aromatic N) is 1. The Morgan fingerprint density at radius 1 is 1.33 bits per heavy atom. The first-order valence-corrected chi connectivity index (χ1v) is 7.61. The van der Waals surface area contributed by atoms with Crippen molar-refractivity contribution in [2.45, 2.75) is 19.4 Å². The van der Waals surface area contributed by atoms with Gasteiger partial charge in [-0.2, -0.15) is 0 Å². The van der Waals surface area contributed by atoms with E-state index in [9.17, 15) is 4.39 Å². The van der Waals surface area contributed by atoms with Gasteiger partial charge in [-0.3, -0.25) is 4.98 Å². The van der Waals surface area contributed by atoms with Crippen molar-refractivity contribution in [3.05, 3.63) is 58.1 Å². The van der Waals surface area contributed by atoms with Crippen LogP contribution >= 0.6 is 15.9 Å². The van der Waals surface area contributed by atoms with Crippen molar-refractivity contribution in [3.63, 3.8) is 0 Å². The summed E-state index contributed by atoms with van der Waals surface area (Å²) in [6.07, 6.45) is 2.27. The molecule has 3 nitrogen and oxygen atoms in total. The maximum absolute atomic E-state index is 14.3. The van der Waals surface area contributed by atoms with E-state index in [1.165, 1.54) is 7.11 Å². The van der Waals surface area contributed by atoms with Crippen LogP contribution in [0.25, 0.3) is 0 Å². The average Bonchev–Trinajstić information content (AvgIpc) is 2.49. The Morgan fingerprint density at radius 3 is 2.76 bits per heavy atom. The van der Waals surface area contributed by atoms with Crippen LogP contribution in [0, 0.1) is 5.82 Å². The molecule has 1 aromatic carbocycles. The lowest BCUT2D eigenvalue weighted by Crippen LogP contribution is -2.24. The Hall–Kier alpha value is -1.46. The fourth-order valence-electron chi connectivity index (χ4n) is 2.21. The van der Waals surface area contributed by atoms with Gasteiger partial charge in [0.25, 0.3) is 0 Å². The molecule has 0 aliphatic carbocycles. The maximum Gasteiger partial charge on any atom is 0.168 e. The van der Waals surface area contributed by atoms with Crippen LogP contribution < -0.4 is 10.1 Å². The monoisotopic (exact) mass is 352 g/mol. The highest BCUT2D eigenvalue weighted by Crippen LogP contribution is 2.25. The third-order valence-corrected chi connectivity index (χ3v) is 3.71. The Balaban J connectivity index is 2.26. The number of hydrogen-bond acceptors (Lipinski definition) is 3. The van der Waals surface area contributed by atoms with E-state index in [0.717, 1.165) is 16.7 Å². The van der Waals surface area contributed by atoms with E-state index in [1.54, 1.807) is 24.4 Å². The molecule has 0 amide bonds. The van der Waals surface area contributed by atoms with Crippen LogP contribution in [0.2, 0.25) is 0 Å². The van der Waals surface area contributed by atoms with Crippen LogP contribution in [0.15, 0.2) is 41.0 Å². The first-order valence-electron chi connectivity index (χ1n) is 6.82. The summed E-state index contributed by atoms with van der Waals surface area (Å²) in [6.45, 7) is 2.81. The molecule has 1 unspecified atom stereocenters. The number of nitrogens with one attached hydrogen (secondary N) is 1. The van der Waals surface area contributed by atoms with E-state index in [2.05, 4.69) is 26.2 Å². The largest absolute Gasteiger partial charge is 0.494 e. The van der Waals surface area contributed by atoms with Gasteiger partial charge in [-0.15, -0.1) is 0 Å². The third kappa shape index (κ3) is 4.02. The summed E-state index contributed by atoms with van der Waals surface area (Å²) >= 11 is 3.37. The van der Waals surface area contributed by atoms with Gasteiger partial charge in [0.05, 0.1) is 18.8 Å². The summed E-state index contributed by atoms with van der Waals surface area (Å²) in [5, 5.41) is 3.35. The minimum absolute atomic E-state index is 0.0373. The highest BCUT2D eigenvalue weighted by Gasteiger charge is 2.16. The van der Waals surface area contributed by atoms with Crippen LogP contribution in [0.5, 0.6) is 5.75 Å². The molecule has 0 bridgehead atoms. The molecule has 0 saturated heterocycles. The van der Waals surface area contributed by atoms with Crippen molar-refractivity contribution in [2.24, 2.45) is 0 Å². The SMILES string of the molecule is CCNC(Cc1cccc(OC)c1F)c1ccc(Br)cn1. The van der Waals surface area contributed by atoms with Gasteiger partial charge < -0.3 is 10.1 Å². The van der Waals surface area contributed by atoms with Gasteiger partial charge in [0.1, 0.15) is 0 Å². The second-order valence-electron chi connectivity index (χ2n) is 4.65. The fourth-order valence-corrected chi connectivity index (χ4v) is 2.45. The standard InChI is InChI=1S/C16H18BrFN2O/c1-3-19-14(13-8-7-12(17)10-20-13)9-11-5-4-6-15(21-2)16(11)18/h4-8,10,14,19H,3,9H2,1-2H3. The fraction of sp³-hybridized carbons (Fsp3) is 0.312. The first-order chi connectivity index (χ1) is 10.2. The van der Waals surface area contributed by atoms with Crippen molar-refractivity contribution in [2.75, 3.05) is 13.7 Å². The molecule has 0 fully saturated rings. The zero-order valence-electron chi connectivity index (χ0n) is 12.1. The van der Waals surface area contributed by atoms with E-state index in [4.69, 9.17) is 4.74 Å². The van der Waals surface area contributed by atoms with Gasteiger partial charge in [-0.25, -0.2) is 4.39 Å². The average molecular weight is 353 g/mol. The molecule has 1 atom stereocenters. The molecule has 0 saturated carbocycles. The Morgan fingerprint density at radius 2 is 2.14 bits per heavy atom. The van der Waals surface area contributed by atoms with Crippen molar-refractivity contribution >= 4 is 15.9 Å². The number of halogens is 2. The van der Waals surface area contributed by atoms with Gasteiger partial charge in [0.15, 0.2) is 11.6 Å². The Labute approximate surface area is 132 Å². The number of hydrogen-bond donors (Lipinski definition) is 1. The maximum atomic E-state index is 14.3. The predicted molar refractivity (Wildman–Crippen MR) is 85.0 cm³/mol. The molecule has 1 N–H and O–H groups in total. The van der Waals surface area contributed by atoms with Crippen molar-refractivity contribution < 1.29 is 9.13 Å². The Bertz CT molecular complexity index is 589.